The minimum absolute atomic E-state index is 0.718. The van der Waals surface area contributed by atoms with Gasteiger partial charge in [0.2, 0.25) is 5.78 Å². The van der Waals surface area contributed by atoms with Crippen molar-refractivity contribution in [3.05, 3.63) is 47.9 Å². The number of ether oxygens (including phenoxy) is 1. The van der Waals surface area contributed by atoms with Gasteiger partial charge in [-0.1, -0.05) is 0 Å². The van der Waals surface area contributed by atoms with Gasteiger partial charge in [-0.3, -0.25) is 4.40 Å². The fourth-order valence-electron chi connectivity index (χ4n) is 2.25. The molecule has 4 nitrogen and oxygen atoms in total. The molecule has 0 amide bonds. The number of methoxy groups -OCH3 is 1. The third-order valence-corrected chi connectivity index (χ3v) is 3.25. The molecule has 0 atom stereocenters. The van der Waals surface area contributed by atoms with E-state index in [0.717, 1.165) is 33.9 Å². The van der Waals surface area contributed by atoms with E-state index in [4.69, 9.17) is 4.74 Å². The number of aryl methyl sites for hydroxylation is 2. The summed E-state index contributed by atoms with van der Waals surface area (Å²) >= 11 is 0. The normalized spacial score (nSPS) is 10.9. The van der Waals surface area contributed by atoms with Gasteiger partial charge in [0.15, 0.2) is 0 Å². The third-order valence-electron chi connectivity index (χ3n) is 3.25. The first-order chi connectivity index (χ1) is 9.19. The van der Waals surface area contributed by atoms with Crippen LogP contribution in [-0.4, -0.2) is 21.5 Å². The molecule has 2 heterocycles. The lowest BCUT2D eigenvalue weighted by Gasteiger charge is -2.10. The molecule has 0 bridgehead atoms. The molecule has 0 N–H and O–H groups in total. The topological polar surface area (TPSA) is 39.4 Å². The molecule has 2 aromatic heterocycles. The summed E-state index contributed by atoms with van der Waals surface area (Å²) in [4.78, 5) is 8.87. The summed E-state index contributed by atoms with van der Waals surface area (Å²) in [5.41, 5.74) is 4.35. The molecular formula is C15H15N3O. The van der Waals surface area contributed by atoms with E-state index < -0.39 is 0 Å². The Morgan fingerprint density at radius 2 is 2.00 bits per heavy atom. The number of benzene rings is 1. The first kappa shape index (κ1) is 11.7. The quantitative estimate of drug-likeness (QED) is 0.704. The van der Waals surface area contributed by atoms with Crippen molar-refractivity contribution >= 4 is 5.78 Å². The van der Waals surface area contributed by atoms with Gasteiger partial charge in [-0.2, -0.15) is 0 Å². The van der Waals surface area contributed by atoms with Crippen LogP contribution < -0.4 is 4.74 Å². The fraction of sp³-hybridized carbons (Fsp3) is 0.200. The Morgan fingerprint density at radius 3 is 2.74 bits per heavy atom. The summed E-state index contributed by atoms with van der Waals surface area (Å²) < 4.78 is 7.17. The maximum absolute atomic E-state index is 5.24. The average Bonchev–Trinajstić information content (AvgIpc) is 2.85. The van der Waals surface area contributed by atoms with Crippen molar-refractivity contribution < 1.29 is 4.74 Å². The molecule has 0 radical (unpaired) electrons. The maximum Gasteiger partial charge on any atom is 0.234 e. The molecule has 0 spiro atoms. The second-order valence-corrected chi connectivity index (χ2v) is 4.59. The molecule has 0 saturated carbocycles. The summed E-state index contributed by atoms with van der Waals surface area (Å²) in [5.74, 6) is 1.58. The van der Waals surface area contributed by atoms with Crippen molar-refractivity contribution in [2.75, 3.05) is 7.11 Å². The second-order valence-electron chi connectivity index (χ2n) is 4.59. The van der Waals surface area contributed by atoms with E-state index in [0.29, 0.717) is 0 Å². The Morgan fingerprint density at radius 1 is 1.16 bits per heavy atom. The number of nitrogens with zero attached hydrogens (tertiary/aromatic N) is 3. The minimum atomic E-state index is 0.718. The highest BCUT2D eigenvalue weighted by atomic mass is 16.5. The number of hydrogen-bond acceptors (Lipinski definition) is 3. The SMILES string of the molecule is COc1ccc(-c2nc3nccn3cc2C)c(C)c1. The molecule has 0 aliphatic heterocycles. The van der Waals surface area contributed by atoms with E-state index in [1.807, 2.05) is 35.0 Å². The van der Waals surface area contributed by atoms with Gasteiger partial charge in [0.1, 0.15) is 5.75 Å². The van der Waals surface area contributed by atoms with Gasteiger partial charge in [-0.05, 0) is 43.2 Å². The highest BCUT2D eigenvalue weighted by Crippen LogP contribution is 2.27. The molecule has 96 valence electrons. The van der Waals surface area contributed by atoms with E-state index in [-0.39, 0.29) is 0 Å². The predicted octanol–water partition coefficient (Wildman–Crippen LogP) is 3.02. The molecule has 19 heavy (non-hydrogen) atoms. The van der Waals surface area contributed by atoms with Gasteiger partial charge in [0.25, 0.3) is 0 Å². The average molecular weight is 253 g/mol. The Kier molecular flexibility index (Phi) is 2.71. The van der Waals surface area contributed by atoms with Crippen molar-refractivity contribution in [3.8, 4) is 17.0 Å². The fourth-order valence-corrected chi connectivity index (χ4v) is 2.25. The van der Waals surface area contributed by atoms with Gasteiger partial charge < -0.3 is 4.74 Å². The Bertz CT molecular complexity index is 746. The van der Waals surface area contributed by atoms with Crippen LogP contribution in [-0.2, 0) is 0 Å². The van der Waals surface area contributed by atoms with Crippen LogP contribution in [0, 0.1) is 13.8 Å². The molecule has 3 rings (SSSR count). The summed E-state index contributed by atoms with van der Waals surface area (Å²) in [6, 6.07) is 6.02. The molecule has 0 unspecified atom stereocenters. The second kappa shape index (κ2) is 4.39. The van der Waals surface area contributed by atoms with Crippen molar-refractivity contribution in [1.29, 1.82) is 0 Å². The molecule has 0 saturated heterocycles. The minimum Gasteiger partial charge on any atom is -0.497 e. The zero-order chi connectivity index (χ0) is 13.4. The molecule has 0 aliphatic carbocycles. The maximum atomic E-state index is 5.24. The van der Waals surface area contributed by atoms with Crippen LogP contribution in [0.1, 0.15) is 11.1 Å². The molecule has 4 heteroatoms. The van der Waals surface area contributed by atoms with Crippen LogP contribution in [0.5, 0.6) is 5.75 Å². The van der Waals surface area contributed by atoms with Crippen LogP contribution >= 0.6 is 0 Å². The van der Waals surface area contributed by atoms with Gasteiger partial charge in [0, 0.05) is 24.2 Å². The zero-order valence-electron chi connectivity index (χ0n) is 11.2. The van der Waals surface area contributed by atoms with Gasteiger partial charge in [0.05, 0.1) is 12.8 Å². The Labute approximate surface area is 111 Å². The number of rotatable bonds is 2. The van der Waals surface area contributed by atoms with Crippen LogP contribution in [0.4, 0.5) is 0 Å². The smallest absolute Gasteiger partial charge is 0.234 e. The lowest BCUT2D eigenvalue weighted by atomic mass is 10.0. The van der Waals surface area contributed by atoms with Crippen molar-refractivity contribution in [1.82, 2.24) is 14.4 Å². The van der Waals surface area contributed by atoms with Crippen LogP contribution in [0.15, 0.2) is 36.8 Å². The standard InChI is InChI=1S/C15H15N3O/c1-10-8-12(19-3)4-5-13(10)14-11(2)9-18-7-6-16-15(18)17-14/h4-9H,1-3H3. The van der Waals surface area contributed by atoms with E-state index in [2.05, 4.69) is 23.8 Å². The number of hydrogen-bond donors (Lipinski definition) is 0. The zero-order valence-corrected chi connectivity index (χ0v) is 11.2. The highest BCUT2D eigenvalue weighted by molar-refractivity contribution is 5.68. The number of aromatic nitrogens is 3. The number of fused-ring (bicyclic) bond motifs is 1. The lowest BCUT2D eigenvalue weighted by Crippen LogP contribution is -1.97. The van der Waals surface area contributed by atoms with Crippen molar-refractivity contribution in [2.45, 2.75) is 13.8 Å². The summed E-state index contributed by atoms with van der Waals surface area (Å²) in [5, 5.41) is 0. The Balaban J connectivity index is 2.20. The summed E-state index contributed by atoms with van der Waals surface area (Å²) in [6.45, 7) is 4.13. The highest BCUT2D eigenvalue weighted by Gasteiger charge is 2.10. The van der Waals surface area contributed by atoms with Crippen molar-refractivity contribution in [3.63, 3.8) is 0 Å². The van der Waals surface area contributed by atoms with Gasteiger partial charge in [-0.25, -0.2) is 9.97 Å². The monoisotopic (exact) mass is 253 g/mol. The summed E-state index contributed by atoms with van der Waals surface area (Å²) in [7, 11) is 1.68. The van der Waals surface area contributed by atoms with E-state index >= 15 is 0 Å². The summed E-state index contributed by atoms with van der Waals surface area (Å²) in [6.07, 6.45) is 5.71. The molecular weight excluding hydrogens is 238 g/mol. The van der Waals surface area contributed by atoms with E-state index in [9.17, 15) is 0 Å². The lowest BCUT2D eigenvalue weighted by molar-refractivity contribution is 0.414. The molecule has 0 fully saturated rings. The molecule has 1 aromatic carbocycles. The molecule has 3 aromatic rings. The van der Waals surface area contributed by atoms with Crippen LogP contribution in [0.3, 0.4) is 0 Å². The van der Waals surface area contributed by atoms with E-state index in [1.54, 1.807) is 13.3 Å². The van der Waals surface area contributed by atoms with Crippen molar-refractivity contribution in [2.24, 2.45) is 0 Å². The Hall–Kier alpha value is -2.36. The largest absolute Gasteiger partial charge is 0.497 e. The predicted molar refractivity (Wildman–Crippen MR) is 74.4 cm³/mol. The van der Waals surface area contributed by atoms with Crippen LogP contribution in [0.2, 0.25) is 0 Å². The van der Waals surface area contributed by atoms with Crippen LogP contribution in [0.25, 0.3) is 17.0 Å². The van der Waals surface area contributed by atoms with Gasteiger partial charge in [-0.15, -0.1) is 0 Å². The van der Waals surface area contributed by atoms with Gasteiger partial charge >= 0.3 is 0 Å². The van der Waals surface area contributed by atoms with E-state index in [1.165, 1.54) is 0 Å². The first-order valence-corrected chi connectivity index (χ1v) is 6.14. The molecule has 0 aliphatic rings. The first-order valence-electron chi connectivity index (χ1n) is 6.14. The third kappa shape index (κ3) is 1.95. The number of imidazole rings is 1.